The topological polar surface area (TPSA) is 28.4 Å². The third-order valence-corrected chi connectivity index (χ3v) is 4.20. The molecule has 0 aliphatic heterocycles. The Kier molecular flexibility index (Phi) is 4.84. The second-order valence-corrected chi connectivity index (χ2v) is 5.73. The largest absolute Gasteiger partial charge is 0.468 e. The summed E-state index contributed by atoms with van der Waals surface area (Å²) in [6, 6.07) is 2.85. The van der Waals surface area contributed by atoms with Gasteiger partial charge in [-0.2, -0.15) is 0 Å². The van der Waals surface area contributed by atoms with E-state index in [0.29, 0.717) is 0 Å². The second-order valence-electron chi connectivity index (χ2n) is 5.73. The van der Waals surface area contributed by atoms with Crippen LogP contribution in [0.4, 0.5) is 0 Å². The average molecular weight is 250 g/mol. The van der Waals surface area contributed by atoms with Crippen molar-refractivity contribution < 1.29 is 4.42 Å². The molecule has 0 aromatic carbocycles. The standard InChI is InChI=1S/C15H26N2O/c1-12-4-6-14(7-5-12)17(3)11-13-8-9-18-15(13)10-16-2/h8-9,12,14,16H,4-7,10-11H2,1-3H3. The Balaban J connectivity index is 1.90. The molecule has 3 heteroatoms. The van der Waals surface area contributed by atoms with Gasteiger partial charge in [-0.3, -0.25) is 4.90 Å². The Bertz CT molecular complexity index is 353. The summed E-state index contributed by atoms with van der Waals surface area (Å²) in [5, 5.41) is 3.16. The van der Waals surface area contributed by atoms with Gasteiger partial charge in [-0.05, 0) is 51.8 Å². The quantitative estimate of drug-likeness (QED) is 0.871. The van der Waals surface area contributed by atoms with Gasteiger partial charge in [0.25, 0.3) is 0 Å². The van der Waals surface area contributed by atoms with Crippen molar-refractivity contribution in [2.24, 2.45) is 5.92 Å². The molecule has 1 aliphatic rings. The fourth-order valence-electron chi connectivity index (χ4n) is 2.90. The molecule has 0 amide bonds. The van der Waals surface area contributed by atoms with Crippen LogP contribution in [-0.2, 0) is 13.1 Å². The third-order valence-electron chi connectivity index (χ3n) is 4.20. The maximum absolute atomic E-state index is 5.52. The summed E-state index contributed by atoms with van der Waals surface area (Å²) in [5.41, 5.74) is 1.32. The first kappa shape index (κ1) is 13.6. The number of nitrogens with zero attached hydrogens (tertiary/aromatic N) is 1. The Morgan fingerprint density at radius 1 is 1.33 bits per heavy atom. The van der Waals surface area contributed by atoms with Crippen LogP contribution < -0.4 is 5.32 Å². The maximum atomic E-state index is 5.52. The van der Waals surface area contributed by atoms with Gasteiger partial charge in [0, 0.05) is 18.2 Å². The molecule has 3 nitrogen and oxygen atoms in total. The van der Waals surface area contributed by atoms with Crippen LogP contribution in [0.15, 0.2) is 16.7 Å². The minimum absolute atomic E-state index is 0.749. The van der Waals surface area contributed by atoms with Crippen molar-refractivity contribution in [2.45, 2.75) is 51.7 Å². The van der Waals surface area contributed by atoms with Crippen LogP contribution >= 0.6 is 0 Å². The lowest BCUT2D eigenvalue weighted by molar-refractivity contribution is 0.163. The van der Waals surface area contributed by atoms with Crippen LogP contribution in [-0.4, -0.2) is 25.0 Å². The number of hydrogen-bond acceptors (Lipinski definition) is 3. The molecule has 1 saturated carbocycles. The number of nitrogens with one attached hydrogen (secondary N) is 1. The van der Waals surface area contributed by atoms with E-state index >= 15 is 0 Å². The van der Waals surface area contributed by atoms with Crippen LogP contribution in [0.1, 0.15) is 43.9 Å². The summed E-state index contributed by atoms with van der Waals surface area (Å²) >= 11 is 0. The fraction of sp³-hybridized carbons (Fsp3) is 0.733. The minimum atomic E-state index is 0.749. The highest BCUT2D eigenvalue weighted by Gasteiger charge is 2.22. The van der Waals surface area contributed by atoms with Gasteiger partial charge >= 0.3 is 0 Å². The van der Waals surface area contributed by atoms with Crippen molar-refractivity contribution in [3.8, 4) is 0 Å². The van der Waals surface area contributed by atoms with E-state index < -0.39 is 0 Å². The summed E-state index contributed by atoms with van der Waals surface area (Å²) in [5.74, 6) is 2.00. The molecule has 0 bridgehead atoms. The van der Waals surface area contributed by atoms with E-state index in [1.165, 1.54) is 31.2 Å². The van der Waals surface area contributed by atoms with Crippen molar-refractivity contribution in [2.75, 3.05) is 14.1 Å². The summed E-state index contributed by atoms with van der Waals surface area (Å²) in [6.07, 6.45) is 7.25. The summed E-state index contributed by atoms with van der Waals surface area (Å²) in [4.78, 5) is 2.50. The number of rotatable bonds is 5. The number of hydrogen-bond donors (Lipinski definition) is 1. The van der Waals surface area contributed by atoms with Crippen molar-refractivity contribution in [1.82, 2.24) is 10.2 Å². The lowest BCUT2D eigenvalue weighted by atomic mass is 9.86. The van der Waals surface area contributed by atoms with Gasteiger partial charge < -0.3 is 9.73 Å². The Morgan fingerprint density at radius 3 is 2.72 bits per heavy atom. The van der Waals surface area contributed by atoms with Crippen LogP contribution in [0.5, 0.6) is 0 Å². The van der Waals surface area contributed by atoms with Gasteiger partial charge in [-0.25, -0.2) is 0 Å². The van der Waals surface area contributed by atoms with Gasteiger partial charge in [0.1, 0.15) is 5.76 Å². The van der Waals surface area contributed by atoms with Crippen LogP contribution in [0.3, 0.4) is 0 Å². The van der Waals surface area contributed by atoms with E-state index in [1.54, 1.807) is 6.26 Å². The zero-order chi connectivity index (χ0) is 13.0. The Labute approximate surface area is 111 Å². The molecule has 0 saturated heterocycles. The molecule has 2 rings (SSSR count). The molecule has 1 heterocycles. The van der Waals surface area contributed by atoms with Gasteiger partial charge in [-0.15, -0.1) is 0 Å². The number of furan rings is 1. The molecule has 18 heavy (non-hydrogen) atoms. The predicted molar refractivity (Wildman–Crippen MR) is 74.4 cm³/mol. The highest BCUT2D eigenvalue weighted by Crippen LogP contribution is 2.27. The molecule has 1 fully saturated rings. The fourth-order valence-corrected chi connectivity index (χ4v) is 2.90. The van der Waals surface area contributed by atoms with Crippen molar-refractivity contribution in [3.63, 3.8) is 0 Å². The third kappa shape index (κ3) is 3.36. The normalized spacial score (nSPS) is 24.7. The van der Waals surface area contributed by atoms with E-state index in [9.17, 15) is 0 Å². The van der Waals surface area contributed by atoms with Crippen LogP contribution in [0.25, 0.3) is 0 Å². The van der Waals surface area contributed by atoms with Crippen molar-refractivity contribution in [1.29, 1.82) is 0 Å². The molecule has 1 N–H and O–H groups in total. The lowest BCUT2D eigenvalue weighted by Crippen LogP contribution is -2.34. The second kappa shape index (κ2) is 6.39. The minimum Gasteiger partial charge on any atom is -0.468 e. The highest BCUT2D eigenvalue weighted by molar-refractivity contribution is 5.16. The van der Waals surface area contributed by atoms with Gasteiger partial charge in [-0.1, -0.05) is 6.92 Å². The van der Waals surface area contributed by atoms with E-state index in [2.05, 4.69) is 30.3 Å². The molecule has 0 spiro atoms. The van der Waals surface area contributed by atoms with Gasteiger partial charge in [0.2, 0.25) is 0 Å². The molecule has 1 aliphatic carbocycles. The first-order valence-electron chi connectivity index (χ1n) is 7.10. The molecule has 0 radical (unpaired) electrons. The molecule has 0 unspecified atom stereocenters. The first-order chi connectivity index (χ1) is 8.70. The Morgan fingerprint density at radius 2 is 2.06 bits per heavy atom. The van der Waals surface area contributed by atoms with E-state index in [4.69, 9.17) is 4.42 Å². The summed E-state index contributed by atoms with van der Waals surface area (Å²) in [7, 11) is 4.20. The summed E-state index contributed by atoms with van der Waals surface area (Å²) < 4.78 is 5.52. The smallest absolute Gasteiger partial charge is 0.122 e. The molecular weight excluding hydrogens is 224 g/mol. The molecule has 0 atom stereocenters. The van der Waals surface area contributed by atoms with E-state index in [0.717, 1.165) is 30.8 Å². The van der Waals surface area contributed by atoms with Gasteiger partial charge in [0.15, 0.2) is 0 Å². The van der Waals surface area contributed by atoms with Crippen molar-refractivity contribution in [3.05, 3.63) is 23.7 Å². The zero-order valence-electron chi connectivity index (χ0n) is 11.9. The first-order valence-corrected chi connectivity index (χ1v) is 7.10. The molecule has 1 aromatic rings. The predicted octanol–water partition coefficient (Wildman–Crippen LogP) is 3.01. The van der Waals surface area contributed by atoms with E-state index in [-0.39, 0.29) is 0 Å². The monoisotopic (exact) mass is 250 g/mol. The Hall–Kier alpha value is -0.800. The zero-order valence-corrected chi connectivity index (χ0v) is 11.9. The molecule has 102 valence electrons. The van der Waals surface area contributed by atoms with E-state index in [1.807, 2.05) is 7.05 Å². The molecule has 1 aromatic heterocycles. The van der Waals surface area contributed by atoms with Gasteiger partial charge in [0.05, 0.1) is 12.8 Å². The summed E-state index contributed by atoms with van der Waals surface area (Å²) in [6.45, 7) is 4.20. The highest BCUT2D eigenvalue weighted by atomic mass is 16.3. The SMILES string of the molecule is CNCc1occc1CN(C)C1CCC(C)CC1. The van der Waals surface area contributed by atoms with Crippen LogP contribution in [0, 0.1) is 5.92 Å². The lowest BCUT2D eigenvalue weighted by Gasteiger charge is -2.33. The van der Waals surface area contributed by atoms with Crippen LogP contribution in [0.2, 0.25) is 0 Å². The van der Waals surface area contributed by atoms with Crippen molar-refractivity contribution >= 4 is 0 Å². The average Bonchev–Trinajstić information content (AvgIpc) is 2.78. The molecular formula is C15H26N2O. The maximum Gasteiger partial charge on any atom is 0.122 e.